The molecule has 1 amide bonds. The van der Waals surface area contributed by atoms with Crippen LogP contribution in [-0.2, 0) is 0 Å². The van der Waals surface area contributed by atoms with Crippen molar-refractivity contribution in [2.24, 2.45) is 4.99 Å². The summed E-state index contributed by atoms with van der Waals surface area (Å²) in [6, 6.07) is 7.86. The van der Waals surface area contributed by atoms with Crippen molar-refractivity contribution < 1.29 is 18.7 Å². The van der Waals surface area contributed by atoms with Gasteiger partial charge in [-0.25, -0.2) is 0 Å². The third kappa shape index (κ3) is 7.28. The van der Waals surface area contributed by atoms with Gasteiger partial charge < -0.3 is 29.4 Å². The number of methoxy groups -OCH3 is 2. The number of aryl methyl sites for hydroxylation is 1. The maximum atomic E-state index is 12.1. The van der Waals surface area contributed by atoms with Crippen molar-refractivity contribution in [3.05, 3.63) is 47.4 Å². The van der Waals surface area contributed by atoms with Gasteiger partial charge in [-0.1, -0.05) is 0 Å². The van der Waals surface area contributed by atoms with Crippen LogP contribution >= 0.6 is 24.0 Å². The van der Waals surface area contributed by atoms with E-state index in [-0.39, 0.29) is 29.9 Å². The van der Waals surface area contributed by atoms with E-state index in [4.69, 9.17) is 18.9 Å². The molecule has 2 N–H and O–H groups in total. The number of furan rings is 1. The molecule has 0 saturated carbocycles. The number of nitrogens with zero attached hydrogens (tertiary/aromatic N) is 2. The standard InChI is InChI=1S/C24H34N4O4.HI/c1-5-25-24(27-10-6-9-26-23(29)22-17(2)8-12-32-22)28-11-7-18(16-28)19-13-20(30-3)15-21(14-19)31-4;/h8,12-15,18H,5-7,9-11,16H2,1-4H3,(H,25,27)(H,26,29);1H. The number of nitrogens with one attached hydrogen (secondary N) is 2. The van der Waals surface area contributed by atoms with Gasteiger partial charge in [-0.3, -0.25) is 9.79 Å². The van der Waals surface area contributed by atoms with Crippen molar-refractivity contribution in [1.82, 2.24) is 15.5 Å². The molecule has 0 bridgehead atoms. The van der Waals surface area contributed by atoms with E-state index in [1.807, 2.05) is 13.0 Å². The van der Waals surface area contributed by atoms with Gasteiger partial charge in [0.25, 0.3) is 5.91 Å². The van der Waals surface area contributed by atoms with Crippen LogP contribution < -0.4 is 20.1 Å². The van der Waals surface area contributed by atoms with Crippen LogP contribution in [0.15, 0.2) is 39.9 Å². The quantitative estimate of drug-likeness (QED) is 0.207. The first-order chi connectivity index (χ1) is 15.5. The summed E-state index contributed by atoms with van der Waals surface area (Å²) in [5, 5.41) is 6.29. The number of rotatable bonds is 9. The average molecular weight is 570 g/mol. The average Bonchev–Trinajstić information content (AvgIpc) is 3.47. The van der Waals surface area contributed by atoms with Crippen molar-refractivity contribution in [1.29, 1.82) is 0 Å². The highest BCUT2D eigenvalue weighted by atomic mass is 127. The number of guanidine groups is 1. The molecule has 0 spiro atoms. The zero-order valence-corrected chi connectivity index (χ0v) is 22.2. The molecule has 9 heteroatoms. The summed E-state index contributed by atoms with van der Waals surface area (Å²) in [6.45, 7) is 7.74. The predicted molar refractivity (Wildman–Crippen MR) is 140 cm³/mol. The lowest BCUT2D eigenvalue weighted by atomic mass is 9.98. The fraction of sp³-hybridized carbons (Fsp3) is 0.500. The second-order valence-electron chi connectivity index (χ2n) is 7.86. The van der Waals surface area contributed by atoms with Crippen molar-refractivity contribution in [2.75, 3.05) is 46.9 Å². The van der Waals surface area contributed by atoms with E-state index in [0.717, 1.165) is 55.5 Å². The van der Waals surface area contributed by atoms with Crippen LogP contribution in [0.25, 0.3) is 0 Å². The van der Waals surface area contributed by atoms with Crippen LogP contribution in [0.4, 0.5) is 0 Å². The topological polar surface area (TPSA) is 88.3 Å². The summed E-state index contributed by atoms with van der Waals surface area (Å²) < 4.78 is 16.1. The SMILES string of the molecule is CCNC(=NCCCNC(=O)c1occc1C)N1CCC(c2cc(OC)cc(OC)c2)C1.I. The Morgan fingerprint density at radius 2 is 1.94 bits per heavy atom. The Morgan fingerprint density at radius 1 is 1.21 bits per heavy atom. The number of likely N-dealkylation sites (tertiary alicyclic amines) is 1. The number of hydrogen-bond acceptors (Lipinski definition) is 5. The summed E-state index contributed by atoms with van der Waals surface area (Å²) >= 11 is 0. The van der Waals surface area contributed by atoms with Crippen LogP contribution in [0.1, 0.15) is 47.4 Å². The van der Waals surface area contributed by atoms with Crippen molar-refractivity contribution in [2.45, 2.75) is 32.6 Å². The number of hydrogen-bond donors (Lipinski definition) is 2. The molecule has 1 unspecified atom stereocenters. The van der Waals surface area contributed by atoms with Gasteiger partial charge in [0.15, 0.2) is 11.7 Å². The summed E-state index contributed by atoms with van der Waals surface area (Å²) in [5.41, 5.74) is 2.06. The number of benzene rings is 1. The Hall–Kier alpha value is -2.43. The molecule has 3 rings (SSSR count). The van der Waals surface area contributed by atoms with E-state index in [9.17, 15) is 4.79 Å². The molecule has 1 aliphatic rings. The van der Waals surface area contributed by atoms with Crippen molar-refractivity contribution >= 4 is 35.8 Å². The van der Waals surface area contributed by atoms with Crippen molar-refractivity contribution in [3.63, 3.8) is 0 Å². The van der Waals surface area contributed by atoms with Gasteiger partial charge in [-0.2, -0.15) is 0 Å². The Kier molecular flexibility index (Phi) is 10.8. The molecular weight excluding hydrogens is 535 g/mol. The molecule has 33 heavy (non-hydrogen) atoms. The van der Waals surface area contributed by atoms with Crippen molar-refractivity contribution in [3.8, 4) is 11.5 Å². The number of amides is 1. The third-order valence-corrected chi connectivity index (χ3v) is 5.62. The minimum absolute atomic E-state index is 0. The second-order valence-corrected chi connectivity index (χ2v) is 7.86. The monoisotopic (exact) mass is 570 g/mol. The number of carbonyl (C=O) groups excluding carboxylic acids is 1. The third-order valence-electron chi connectivity index (χ3n) is 5.62. The lowest BCUT2D eigenvalue weighted by Crippen LogP contribution is -2.40. The van der Waals surface area contributed by atoms with Gasteiger partial charge >= 0.3 is 0 Å². The molecular formula is C24H35IN4O4. The van der Waals surface area contributed by atoms with E-state index in [1.165, 1.54) is 11.8 Å². The van der Waals surface area contributed by atoms with E-state index >= 15 is 0 Å². The van der Waals surface area contributed by atoms with Crippen LogP contribution in [0.5, 0.6) is 11.5 Å². The molecule has 1 aromatic heterocycles. The maximum absolute atomic E-state index is 12.1. The summed E-state index contributed by atoms with van der Waals surface area (Å²) in [6.07, 6.45) is 3.33. The molecule has 1 atom stereocenters. The molecule has 182 valence electrons. The molecule has 0 aliphatic carbocycles. The largest absolute Gasteiger partial charge is 0.497 e. The zero-order valence-electron chi connectivity index (χ0n) is 19.8. The highest BCUT2D eigenvalue weighted by Crippen LogP contribution is 2.32. The van der Waals surface area contributed by atoms with Crippen LogP contribution in [0, 0.1) is 6.92 Å². The second kappa shape index (κ2) is 13.3. The van der Waals surface area contributed by atoms with Gasteiger partial charge in [0.2, 0.25) is 0 Å². The van der Waals surface area contributed by atoms with Gasteiger partial charge in [0.1, 0.15) is 11.5 Å². The Balaban J connectivity index is 0.00000385. The van der Waals surface area contributed by atoms with Gasteiger partial charge in [-0.15, -0.1) is 24.0 Å². The molecule has 8 nitrogen and oxygen atoms in total. The maximum Gasteiger partial charge on any atom is 0.287 e. The molecule has 1 aliphatic heterocycles. The molecule has 1 fully saturated rings. The smallest absolute Gasteiger partial charge is 0.287 e. The fourth-order valence-electron chi connectivity index (χ4n) is 3.87. The number of carbonyl (C=O) groups is 1. The summed E-state index contributed by atoms with van der Waals surface area (Å²) in [4.78, 5) is 19.2. The molecule has 0 radical (unpaired) electrons. The van der Waals surface area contributed by atoms with E-state index in [2.05, 4.69) is 34.6 Å². The zero-order chi connectivity index (χ0) is 22.9. The fourth-order valence-corrected chi connectivity index (χ4v) is 3.87. The summed E-state index contributed by atoms with van der Waals surface area (Å²) in [5.74, 6) is 3.12. The normalized spacial score (nSPS) is 15.7. The van der Waals surface area contributed by atoms with E-state index in [0.29, 0.717) is 24.8 Å². The highest BCUT2D eigenvalue weighted by Gasteiger charge is 2.27. The first-order valence-corrected chi connectivity index (χ1v) is 11.1. The van der Waals surface area contributed by atoms with E-state index < -0.39 is 0 Å². The minimum Gasteiger partial charge on any atom is -0.497 e. The van der Waals surface area contributed by atoms with Gasteiger partial charge in [0.05, 0.1) is 20.5 Å². The van der Waals surface area contributed by atoms with Gasteiger partial charge in [-0.05, 0) is 50.5 Å². The Labute approximate surface area is 213 Å². The Bertz CT molecular complexity index is 909. The summed E-state index contributed by atoms with van der Waals surface area (Å²) in [7, 11) is 3.35. The van der Waals surface area contributed by atoms with Crippen LogP contribution in [0.3, 0.4) is 0 Å². The minimum atomic E-state index is -0.181. The van der Waals surface area contributed by atoms with E-state index in [1.54, 1.807) is 20.3 Å². The van der Waals surface area contributed by atoms with Gasteiger partial charge in [0, 0.05) is 50.3 Å². The highest BCUT2D eigenvalue weighted by molar-refractivity contribution is 14.0. The molecule has 1 saturated heterocycles. The Morgan fingerprint density at radius 3 is 2.55 bits per heavy atom. The molecule has 1 aromatic carbocycles. The predicted octanol–water partition coefficient (Wildman–Crippen LogP) is 3.80. The lowest BCUT2D eigenvalue weighted by Gasteiger charge is -2.22. The number of ether oxygens (including phenoxy) is 2. The molecule has 2 heterocycles. The number of halogens is 1. The lowest BCUT2D eigenvalue weighted by molar-refractivity contribution is 0.0925. The molecule has 2 aromatic rings. The van der Waals surface area contributed by atoms with Crippen LogP contribution in [0.2, 0.25) is 0 Å². The first kappa shape index (κ1) is 26.8. The first-order valence-electron chi connectivity index (χ1n) is 11.1. The van der Waals surface area contributed by atoms with Crippen LogP contribution in [-0.4, -0.2) is 63.7 Å². The number of aliphatic imine (C=N–C) groups is 1.